The maximum Gasteiger partial charge on any atom is 0.390 e. The summed E-state index contributed by atoms with van der Waals surface area (Å²) < 4.78 is 67.9. The number of nitrogens with one attached hydrogen (secondary N) is 3. The molecule has 2 aromatic carbocycles. The number of benzene rings is 2. The highest BCUT2D eigenvalue weighted by molar-refractivity contribution is 6.31. The van der Waals surface area contributed by atoms with E-state index in [1.807, 2.05) is 11.8 Å². The number of nitrogens with zero attached hydrogens (tertiary/aromatic N) is 2. The third kappa shape index (κ3) is 8.08. The number of carbonyl (C=O) groups is 2. The van der Waals surface area contributed by atoms with Crippen LogP contribution in [0.25, 0.3) is 0 Å². The third-order valence-corrected chi connectivity index (χ3v) is 7.76. The molecule has 2 heterocycles. The topological polar surface area (TPSA) is 76.7 Å². The number of piperidine rings is 1. The zero-order valence-electron chi connectivity index (χ0n) is 22.6. The monoisotopic (exact) mass is 601 g/mol. The Morgan fingerprint density at radius 1 is 1.12 bits per heavy atom. The van der Waals surface area contributed by atoms with Crippen LogP contribution in [0.2, 0.25) is 5.02 Å². The molecule has 0 aromatic heterocycles. The van der Waals surface area contributed by atoms with Crippen LogP contribution in [0.15, 0.2) is 30.3 Å². The Balaban J connectivity index is 1.43. The first-order valence-electron chi connectivity index (χ1n) is 13.5. The fourth-order valence-corrected chi connectivity index (χ4v) is 5.35. The standard InChI is InChI=1S/C28H33ClF5N5O2/c1-17-16-39(12-11-38(17)10-8-28(32,33)34)23-13-20(29)5-7-22(23)37-27(41)21-6-4-18(24(30)25(21)31)15-36-26(40)19-3-2-9-35-14-19/h4-7,13,17,19,35H,2-3,8-12,14-16H2,1H3,(H,36,40)(H,37,41)/t17-,19+/m1/s1. The molecule has 7 nitrogen and oxygen atoms in total. The second-order valence-electron chi connectivity index (χ2n) is 10.5. The van der Waals surface area contributed by atoms with E-state index in [9.17, 15) is 31.5 Å². The van der Waals surface area contributed by atoms with Crippen LogP contribution in [-0.2, 0) is 11.3 Å². The number of halogens is 6. The predicted octanol–water partition coefficient (Wildman–Crippen LogP) is 4.95. The van der Waals surface area contributed by atoms with Crippen LogP contribution in [0.1, 0.15) is 42.1 Å². The normalized spacial score (nSPS) is 20.1. The van der Waals surface area contributed by atoms with Gasteiger partial charge < -0.3 is 20.9 Å². The van der Waals surface area contributed by atoms with Crippen molar-refractivity contribution in [3.8, 4) is 0 Å². The molecule has 0 bridgehead atoms. The van der Waals surface area contributed by atoms with Gasteiger partial charge in [0, 0.05) is 55.9 Å². The minimum Gasteiger partial charge on any atom is -0.367 e. The molecule has 2 aromatic rings. The molecule has 2 amide bonds. The van der Waals surface area contributed by atoms with E-state index in [-0.39, 0.29) is 36.5 Å². The van der Waals surface area contributed by atoms with Crippen molar-refractivity contribution < 1.29 is 31.5 Å². The molecule has 0 radical (unpaired) electrons. The smallest absolute Gasteiger partial charge is 0.367 e. The van der Waals surface area contributed by atoms with Crippen molar-refractivity contribution in [3.05, 3.63) is 58.1 Å². The summed E-state index contributed by atoms with van der Waals surface area (Å²) in [6.45, 7) is 3.99. The van der Waals surface area contributed by atoms with Gasteiger partial charge in [0.2, 0.25) is 5.91 Å². The van der Waals surface area contributed by atoms with Crippen LogP contribution in [0.5, 0.6) is 0 Å². The lowest BCUT2D eigenvalue weighted by Gasteiger charge is -2.41. The molecule has 3 N–H and O–H groups in total. The molecule has 2 aliphatic rings. The van der Waals surface area contributed by atoms with Gasteiger partial charge in [-0.1, -0.05) is 17.7 Å². The molecule has 2 aliphatic heterocycles. The molecule has 224 valence electrons. The highest BCUT2D eigenvalue weighted by Crippen LogP contribution is 2.32. The van der Waals surface area contributed by atoms with E-state index in [0.717, 1.165) is 19.0 Å². The zero-order chi connectivity index (χ0) is 29.7. The Morgan fingerprint density at radius 2 is 1.90 bits per heavy atom. The molecule has 4 rings (SSSR count). The molecule has 13 heteroatoms. The minimum absolute atomic E-state index is 0.0827. The molecule has 41 heavy (non-hydrogen) atoms. The van der Waals surface area contributed by atoms with Gasteiger partial charge in [-0.05, 0) is 50.6 Å². The fourth-order valence-electron chi connectivity index (χ4n) is 5.18. The van der Waals surface area contributed by atoms with Gasteiger partial charge in [0.05, 0.1) is 29.3 Å². The quantitative estimate of drug-likeness (QED) is 0.374. The SMILES string of the molecule is C[C@@H]1CN(c2cc(Cl)ccc2NC(=O)c2ccc(CNC(=O)[C@H]3CCCNC3)c(F)c2F)CCN1CCC(F)(F)F. The third-order valence-electron chi connectivity index (χ3n) is 7.52. The molecule has 2 atom stereocenters. The first-order valence-corrected chi connectivity index (χ1v) is 13.9. The van der Waals surface area contributed by atoms with Crippen LogP contribution in [0.3, 0.4) is 0 Å². The number of piperazine rings is 1. The summed E-state index contributed by atoms with van der Waals surface area (Å²) >= 11 is 6.20. The van der Waals surface area contributed by atoms with E-state index in [1.165, 1.54) is 18.2 Å². The number of alkyl halides is 3. The van der Waals surface area contributed by atoms with E-state index in [4.69, 9.17) is 11.6 Å². The highest BCUT2D eigenvalue weighted by atomic mass is 35.5. The second kappa shape index (κ2) is 13.3. The molecule has 0 unspecified atom stereocenters. The number of hydrogen-bond acceptors (Lipinski definition) is 5. The maximum absolute atomic E-state index is 15.0. The summed E-state index contributed by atoms with van der Waals surface area (Å²) in [6, 6.07) is 6.90. The molecule has 0 spiro atoms. The Labute approximate surface area is 240 Å². The summed E-state index contributed by atoms with van der Waals surface area (Å²) in [5.74, 6) is -3.92. The van der Waals surface area contributed by atoms with E-state index >= 15 is 0 Å². The van der Waals surface area contributed by atoms with Crippen LogP contribution in [0, 0.1) is 17.6 Å². The average Bonchev–Trinajstić information content (AvgIpc) is 2.93. The largest absolute Gasteiger partial charge is 0.390 e. The predicted molar refractivity (Wildman–Crippen MR) is 147 cm³/mol. The molecule has 2 saturated heterocycles. The lowest BCUT2D eigenvalue weighted by Crippen LogP contribution is -2.52. The number of rotatable bonds is 8. The summed E-state index contributed by atoms with van der Waals surface area (Å²) in [5, 5.41) is 8.75. The van der Waals surface area contributed by atoms with Crippen molar-refractivity contribution in [1.82, 2.24) is 15.5 Å². The van der Waals surface area contributed by atoms with E-state index in [0.29, 0.717) is 49.0 Å². The molecule has 0 saturated carbocycles. The Bertz CT molecular complexity index is 1260. The molecular weight excluding hydrogens is 569 g/mol. The summed E-state index contributed by atoms with van der Waals surface area (Å²) in [7, 11) is 0. The highest BCUT2D eigenvalue weighted by Gasteiger charge is 2.32. The molecule has 0 aliphatic carbocycles. The Morgan fingerprint density at radius 3 is 2.59 bits per heavy atom. The Kier molecular flexibility index (Phi) is 10.1. The minimum atomic E-state index is -4.24. The van der Waals surface area contributed by atoms with Crippen LogP contribution in [-0.4, -0.2) is 68.2 Å². The van der Waals surface area contributed by atoms with Gasteiger partial charge in [-0.2, -0.15) is 13.2 Å². The lowest BCUT2D eigenvalue weighted by atomic mass is 9.98. The van der Waals surface area contributed by atoms with Crippen LogP contribution >= 0.6 is 11.6 Å². The molecular formula is C28H33ClF5N5O2. The number of hydrogen-bond donors (Lipinski definition) is 3. The first-order chi connectivity index (χ1) is 19.4. The van der Waals surface area contributed by atoms with Gasteiger partial charge in [-0.25, -0.2) is 8.78 Å². The van der Waals surface area contributed by atoms with Crippen LogP contribution < -0.4 is 20.9 Å². The van der Waals surface area contributed by atoms with Crippen molar-refractivity contribution >= 4 is 34.8 Å². The summed E-state index contributed by atoms with van der Waals surface area (Å²) in [6.07, 6.45) is -3.57. The second-order valence-corrected chi connectivity index (χ2v) is 10.9. The number of carbonyl (C=O) groups excluding carboxylic acids is 2. The van der Waals surface area contributed by atoms with Crippen molar-refractivity contribution in [1.29, 1.82) is 0 Å². The average molecular weight is 602 g/mol. The van der Waals surface area contributed by atoms with Gasteiger partial charge in [0.15, 0.2) is 11.6 Å². The zero-order valence-corrected chi connectivity index (χ0v) is 23.3. The lowest BCUT2D eigenvalue weighted by molar-refractivity contribution is -0.139. The van der Waals surface area contributed by atoms with Crippen molar-refractivity contribution in [2.75, 3.05) is 49.5 Å². The molecule has 2 fully saturated rings. The Hall–Kier alpha value is -2.96. The van der Waals surface area contributed by atoms with Crippen molar-refractivity contribution in [2.24, 2.45) is 5.92 Å². The van der Waals surface area contributed by atoms with Crippen LogP contribution in [0.4, 0.5) is 33.3 Å². The fraction of sp³-hybridized carbons (Fsp3) is 0.500. The van der Waals surface area contributed by atoms with Crippen molar-refractivity contribution in [2.45, 2.75) is 44.9 Å². The van der Waals surface area contributed by atoms with E-state index in [2.05, 4.69) is 16.0 Å². The first kappa shape index (κ1) is 31.0. The van der Waals surface area contributed by atoms with E-state index in [1.54, 1.807) is 11.0 Å². The number of amides is 2. The van der Waals surface area contributed by atoms with Gasteiger partial charge in [0.1, 0.15) is 0 Å². The van der Waals surface area contributed by atoms with E-state index < -0.39 is 35.7 Å². The summed E-state index contributed by atoms with van der Waals surface area (Å²) in [5.41, 5.74) is 0.221. The summed E-state index contributed by atoms with van der Waals surface area (Å²) in [4.78, 5) is 29.0. The van der Waals surface area contributed by atoms with Crippen molar-refractivity contribution in [3.63, 3.8) is 0 Å². The number of anilines is 2. The van der Waals surface area contributed by atoms with Gasteiger partial charge in [-0.3, -0.25) is 14.5 Å². The van der Waals surface area contributed by atoms with Gasteiger partial charge in [-0.15, -0.1) is 0 Å². The maximum atomic E-state index is 15.0. The van der Waals surface area contributed by atoms with Gasteiger partial charge in [0.25, 0.3) is 5.91 Å². The van der Waals surface area contributed by atoms with Gasteiger partial charge >= 0.3 is 6.18 Å².